The number of rotatable bonds is 6. The van der Waals surface area contributed by atoms with Gasteiger partial charge in [0.25, 0.3) is 0 Å². The van der Waals surface area contributed by atoms with Gasteiger partial charge in [-0.3, -0.25) is 4.90 Å². The zero-order valence-electron chi connectivity index (χ0n) is 13.2. The van der Waals surface area contributed by atoms with E-state index in [1.54, 1.807) is 7.11 Å². The molecule has 1 saturated heterocycles. The molecule has 1 saturated carbocycles. The van der Waals surface area contributed by atoms with E-state index in [9.17, 15) is 0 Å². The van der Waals surface area contributed by atoms with Crippen molar-refractivity contribution in [3.8, 4) is 5.75 Å². The third kappa shape index (κ3) is 3.50. The van der Waals surface area contributed by atoms with Crippen LogP contribution in [-0.2, 0) is 0 Å². The molecule has 4 heteroatoms. The lowest BCUT2D eigenvalue weighted by Crippen LogP contribution is -2.51. The van der Waals surface area contributed by atoms with Gasteiger partial charge in [0.2, 0.25) is 0 Å². The minimum absolute atomic E-state index is 0.683. The van der Waals surface area contributed by atoms with Crippen molar-refractivity contribution in [2.75, 3.05) is 51.8 Å². The molecule has 0 radical (unpaired) electrons. The number of para-hydroxylation sites is 2. The van der Waals surface area contributed by atoms with Gasteiger partial charge in [0.05, 0.1) is 12.8 Å². The molecule has 2 fully saturated rings. The molecule has 1 heterocycles. The Bertz CT molecular complexity index is 453. The summed E-state index contributed by atoms with van der Waals surface area (Å²) >= 11 is 0. The minimum Gasteiger partial charge on any atom is -0.495 e. The monoisotopic (exact) mass is 289 g/mol. The van der Waals surface area contributed by atoms with Gasteiger partial charge in [-0.25, -0.2) is 0 Å². The average Bonchev–Trinajstić information content (AvgIpc) is 3.38. The Hall–Kier alpha value is -1.26. The molecule has 0 bridgehead atoms. The predicted octanol–water partition coefficient (Wildman–Crippen LogP) is 1.82. The Morgan fingerprint density at radius 3 is 2.52 bits per heavy atom. The maximum atomic E-state index is 5.48. The van der Waals surface area contributed by atoms with Crippen LogP contribution in [0.3, 0.4) is 0 Å². The maximum Gasteiger partial charge on any atom is 0.142 e. The Kier molecular flexibility index (Phi) is 4.66. The van der Waals surface area contributed by atoms with Crippen molar-refractivity contribution in [2.45, 2.75) is 18.9 Å². The van der Waals surface area contributed by atoms with Gasteiger partial charge in [0, 0.05) is 38.8 Å². The number of piperazine rings is 1. The largest absolute Gasteiger partial charge is 0.495 e. The number of hydrogen-bond acceptors (Lipinski definition) is 4. The number of methoxy groups -OCH3 is 1. The molecular formula is C17H27N3O. The first-order valence-electron chi connectivity index (χ1n) is 8.09. The zero-order chi connectivity index (χ0) is 14.7. The number of nitrogens with zero attached hydrogens (tertiary/aromatic N) is 2. The van der Waals surface area contributed by atoms with Crippen LogP contribution in [0.2, 0.25) is 0 Å². The van der Waals surface area contributed by atoms with E-state index in [1.165, 1.54) is 25.1 Å². The molecule has 0 aromatic heterocycles. The number of hydrogen-bond donors (Lipinski definition) is 1. The zero-order valence-corrected chi connectivity index (χ0v) is 13.2. The summed E-state index contributed by atoms with van der Waals surface area (Å²) in [6, 6.07) is 9.02. The molecule has 1 aromatic carbocycles. The highest BCUT2D eigenvalue weighted by molar-refractivity contribution is 5.58. The summed E-state index contributed by atoms with van der Waals surface area (Å²) in [5.41, 5.74) is 1.23. The predicted molar refractivity (Wildman–Crippen MR) is 87.2 cm³/mol. The van der Waals surface area contributed by atoms with Gasteiger partial charge in [-0.1, -0.05) is 12.1 Å². The topological polar surface area (TPSA) is 27.7 Å². The van der Waals surface area contributed by atoms with E-state index < -0.39 is 0 Å². The van der Waals surface area contributed by atoms with Crippen LogP contribution in [0.25, 0.3) is 0 Å². The van der Waals surface area contributed by atoms with Gasteiger partial charge >= 0.3 is 0 Å². The van der Waals surface area contributed by atoms with Crippen LogP contribution >= 0.6 is 0 Å². The molecule has 3 rings (SSSR count). The smallest absolute Gasteiger partial charge is 0.142 e. The first kappa shape index (κ1) is 14.7. The summed E-state index contributed by atoms with van der Waals surface area (Å²) in [5, 5.41) is 3.50. The van der Waals surface area contributed by atoms with Crippen molar-refractivity contribution in [1.29, 1.82) is 0 Å². The molecule has 1 aromatic rings. The maximum absolute atomic E-state index is 5.48. The minimum atomic E-state index is 0.683. The van der Waals surface area contributed by atoms with Crippen molar-refractivity contribution >= 4 is 5.69 Å². The Morgan fingerprint density at radius 2 is 1.90 bits per heavy atom. The lowest BCUT2D eigenvalue weighted by atomic mass is 10.1. The summed E-state index contributed by atoms with van der Waals surface area (Å²) in [4.78, 5) is 5.05. The van der Waals surface area contributed by atoms with Gasteiger partial charge < -0.3 is 15.0 Å². The lowest BCUT2D eigenvalue weighted by Gasteiger charge is -2.38. The quantitative estimate of drug-likeness (QED) is 0.864. The van der Waals surface area contributed by atoms with E-state index in [1.807, 2.05) is 12.1 Å². The van der Waals surface area contributed by atoms with Crippen LogP contribution in [0.5, 0.6) is 5.75 Å². The molecule has 0 amide bonds. The number of ether oxygens (including phenoxy) is 1. The van der Waals surface area contributed by atoms with Crippen LogP contribution in [0.15, 0.2) is 24.3 Å². The Balaban J connectivity index is 1.55. The van der Waals surface area contributed by atoms with Crippen molar-refractivity contribution in [3.63, 3.8) is 0 Å². The average molecular weight is 289 g/mol. The van der Waals surface area contributed by atoms with Gasteiger partial charge in [0.1, 0.15) is 5.75 Å². The van der Waals surface area contributed by atoms with E-state index in [0.717, 1.165) is 37.8 Å². The molecule has 1 atom stereocenters. The Morgan fingerprint density at radius 1 is 1.19 bits per heavy atom. The Labute approximate surface area is 128 Å². The van der Waals surface area contributed by atoms with Crippen LogP contribution in [0, 0.1) is 5.92 Å². The number of likely N-dealkylation sites (N-methyl/N-ethyl adjacent to an activating group) is 1. The normalized spacial score (nSPS) is 21.3. The van der Waals surface area contributed by atoms with Gasteiger partial charge in [-0.05, 0) is 37.9 Å². The van der Waals surface area contributed by atoms with Crippen LogP contribution in [0.1, 0.15) is 12.8 Å². The van der Waals surface area contributed by atoms with Gasteiger partial charge in [-0.2, -0.15) is 0 Å². The van der Waals surface area contributed by atoms with E-state index in [4.69, 9.17) is 4.74 Å². The van der Waals surface area contributed by atoms with Gasteiger partial charge in [0.15, 0.2) is 0 Å². The molecule has 2 aliphatic rings. The molecule has 116 valence electrons. The summed E-state index contributed by atoms with van der Waals surface area (Å²) in [5.74, 6) is 1.90. The van der Waals surface area contributed by atoms with Crippen molar-refractivity contribution in [1.82, 2.24) is 10.2 Å². The fraction of sp³-hybridized carbons (Fsp3) is 0.647. The standard InChI is InChI=1S/C17H27N3O/c1-18-15(14-7-8-14)13-19-9-11-20(12-10-19)16-5-3-4-6-17(16)21-2/h3-6,14-15,18H,7-13H2,1-2H3. The third-order valence-electron chi connectivity index (χ3n) is 4.81. The van der Waals surface area contributed by atoms with Crippen LogP contribution in [-0.4, -0.2) is 57.8 Å². The first-order chi connectivity index (χ1) is 10.3. The third-order valence-corrected chi connectivity index (χ3v) is 4.81. The number of nitrogens with one attached hydrogen (secondary N) is 1. The van der Waals surface area contributed by atoms with E-state index in [-0.39, 0.29) is 0 Å². The van der Waals surface area contributed by atoms with E-state index in [0.29, 0.717) is 6.04 Å². The second-order valence-electron chi connectivity index (χ2n) is 6.19. The second kappa shape index (κ2) is 6.67. The van der Waals surface area contributed by atoms with E-state index >= 15 is 0 Å². The van der Waals surface area contributed by atoms with Crippen LogP contribution < -0.4 is 15.0 Å². The summed E-state index contributed by atoms with van der Waals surface area (Å²) in [6.45, 7) is 5.65. The molecule has 1 unspecified atom stereocenters. The highest BCUT2D eigenvalue weighted by atomic mass is 16.5. The number of benzene rings is 1. The molecule has 1 N–H and O–H groups in total. The van der Waals surface area contributed by atoms with Crippen molar-refractivity contribution < 1.29 is 4.74 Å². The lowest BCUT2D eigenvalue weighted by molar-refractivity contribution is 0.223. The summed E-state index contributed by atoms with van der Waals surface area (Å²) in [7, 11) is 3.86. The fourth-order valence-corrected chi connectivity index (χ4v) is 3.32. The highest BCUT2D eigenvalue weighted by Crippen LogP contribution is 2.33. The number of anilines is 1. The van der Waals surface area contributed by atoms with Crippen molar-refractivity contribution in [3.05, 3.63) is 24.3 Å². The molecule has 1 aliphatic carbocycles. The van der Waals surface area contributed by atoms with Gasteiger partial charge in [-0.15, -0.1) is 0 Å². The molecule has 1 aliphatic heterocycles. The summed E-state index contributed by atoms with van der Waals surface area (Å²) in [6.07, 6.45) is 2.82. The summed E-state index contributed by atoms with van der Waals surface area (Å²) < 4.78 is 5.48. The SMILES string of the molecule is CNC(CN1CCN(c2ccccc2OC)CC1)C1CC1. The second-order valence-corrected chi connectivity index (χ2v) is 6.19. The first-order valence-corrected chi connectivity index (χ1v) is 8.09. The highest BCUT2D eigenvalue weighted by Gasteiger charge is 2.32. The van der Waals surface area contributed by atoms with E-state index in [2.05, 4.69) is 34.3 Å². The van der Waals surface area contributed by atoms with Crippen molar-refractivity contribution in [2.24, 2.45) is 5.92 Å². The fourth-order valence-electron chi connectivity index (χ4n) is 3.32. The molecule has 0 spiro atoms. The molecule has 4 nitrogen and oxygen atoms in total. The van der Waals surface area contributed by atoms with Crippen LogP contribution in [0.4, 0.5) is 5.69 Å². The molecular weight excluding hydrogens is 262 g/mol. The molecule has 21 heavy (non-hydrogen) atoms.